The lowest BCUT2D eigenvalue weighted by molar-refractivity contribution is 0.225. The van der Waals surface area contributed by atoms with Crippen molar-refractivity contribution in [1.82, 2.24) is 4.90 Å². The number of hydrogen-bond acceptors (Lipinski definition) is 2. The summed E-state index contributed by atoms with van der Waals surface area (Å²) in [4.78, 5) is 1.85. The molecule has 0 saturated carbocycles. The van der Waals surface area contributed by atoms with Crippen LogP contribution in [0, 0.1) is 0 Å². The van der Waals surface area contributed by atoms with Crippen LogP contribution in [-0.4, -0.2) is 29.8 Å². The molecule has 0 aromatic rings. The Morgan fingerprint density at radius 2 is 2.20 bits per heavy atom. The second-order valence-electron chi connectivity index (χ2n) is 1.42. The summed E-state index contributed by atoms with van der Waals surface area (Å²) in [5.74, 6) is 0. The van der Waals surface area contributed by atoms with Crippen molar-refractivity contribution in [2.24, 2.45) is 0 Å². The summed E-state index contributed by atoms with van der Waals surface area (Å²) in [6.07, 6.45) is -0.116. The van der Waals surface area contributed by atoms with E-state index >= 15 is 0 Å². The number of hydrogen-bond donors (Lipinski definition) is 1. The first kappa shape index (κ1) is 3.12. The number of nitrogens with zero attached hydrogens (tertiary/aromatic N) is 1. The highest BCUT2D eigenvalue weighted by molar-refractivity contribution is 4.72. The summed E-state index contributed by atoms with van der Waals surface area (Å²) in [5.41, 5.74) is 0. The van der Waals surface area contributed by atoms with E-state index < -0.39 is 0 Å². The topological polar surface area (TPSA) is 23.2 Å². The lowest BCUT2D eigenvalue weighted by atomic mass is 10.9. The first-order valence-electron chi connectivity index (χ1n) is 1.69. The third kappa shape index (κ3) is 0.412. The van der Waals surface area contributed by atoms with Gasteiger partial charge in [0.15, 0.2) is 0 Å². The Morgan fingerprint density at radius 3 is 2.20 bits per heavy atom. The molecular formula is C3H7NO. The fraction of sp³-hybridized carbons (Fsp3) is 1.00. The van der Waals surface area contributed by atoms with Crippen LogP contribution in [0.1, 0.15) is 0 Å². The van der Waals surface area contributed by atoms with Gasteiger partial charge in [-0.05, 0) is 7.05 Å². The maximum absolute atomic E-state index is 8.36. The molecule has 5 heavy (non-hydrogen) atoms. The van der Waals surface area contributed by atoms with Crippen LogP contribution in [0.15, 0.2) is 0 Å². The minimum Gasteiger partial charge on any atom is -0.377 e. The Morgan fingerprint density at radius 1 is 2.00 bits per heavy atom. The summed E-state index contributed by atoms with van der Waals surface area (Å²) in [7, 11) is 1.88. The van der Waals surface area contributed by atoms with E-state index in [-0.39, 0.29) is 6.23 Å². The van der Waals surface area contributed by atoms with Crippen molar-refractivity contribution in [3.63, 3.8) is 0 Å². The Labute approximate surface area is 31.0 Å². The zero-order chi connectivity index (χ0) is 3.86. The summed E-state index contributed by atoms with van der Waals surface area (Å²) < 4.78 is 0. The molecule has 0 aromatic carbocycles. The minimum absolute atomic E-state index is 0.116. The van der Waals surface area contributed by atoms with Crippen molar-refractivity contribution < 1.29 is 5.11 Å². The van der Waals surface area contributed by atoms with Crippen LogP contribution in [0.25, 0.3) is 0 Å². The highest BCUT2D eigenvalue weighted by atomic mass is 16.3. The average Bonchev–Trinajstić information content (AvgIpc) is 1.79. The molecule has 0 amide bonds. The van der Waals surface area contributed by atoms with Crippen LogP contribution in [0.4, 0.5) is 0 Å². The van der Waals surface area contributed by atoms with E-state index in [4.69, 9.17) is 5.11 Å². The van der Waals surface area contributed by atoms with Crippen molar-refractivity contribution in [2.75, 3.05) is 13.6 Å². The van der Waals surface area contributed by atoms with Crippen molar-refractivity contribution in [2.45, 2.75) is 6.23 Å². The Bertz CT molecular complexity index is 40.2. The molecule has 1 rings (SSSR count). The highest BCUT2D eigenvalue weighted by Crippen LogP contribution is 2.06. The molecule has 0 aromatic heterocycles. The van der Waals surface area contributed by atoms with Crippen molar-refractivity contribution in [3.8, 4) is 0 Å². The molecule has 1 aliphatic rings. The zero-order valence-corrected chi connectivity index (χ0v) is 3.18. The molecule has 1 aliphatic heterocycles. The fourth-order valence-electron chi connectivity index (χ4n) is 0.210. The van der Waals surface area contributed by atoms with Gasteiger partial charge in [0, 0.05) is 6.54 Å². The monoisotopic (exact) mass is 73.1 g/mol. The van der Waals surface area contributed by atoms with Gasteiger partial charge in [0.2, 0.25) is 0 Å². The zero-order valence-electron chi connectivity index (χ0n) is 3.18. The third-order valence-corrected chi connectivity index (χ3v) is 0.826. The second-order valence-corrected chi connectivity index (χ2v) is 1.42. The normalized spacial score (nSPS) is 49.2. The quantitative estimate of drug-likeness (QED) is 0.381. The highest BCUT2D eigenvalue weighted by Gasteiger charge is 2.25. The molecule has 1 N–H and O–H groups in total. The molecule has 1 saturated heterocycles. The molecule has 2 nitrogen and oxygen atoms in total. The van der Waals surface area contributed by atoms with E-state index in [1.54, 1.807) is 0 Å². The number of aliphatic hydroxyl groups excluding tert-OH is 1. The standard InChI is InChI=1S/C3H7NO/c1-4-2-3(4)5/h3,5H,2H2,1H3. The van der Waals surface area contributed by atoms with E-state index in [1.165, 1.54) is 0 Å². The summed E-state index contributed by atoms with van der Waals surface area (Å²) in [5, 5.41) is 8.36. The van der Waals surface area contributed by atoms with Crippen LogP contribution in [0.5, 0.6) is 0 Å². The molecule has 2 atom stereocenters. The van der Waals surface area contributed by atoms with Crippen LogP contribution in [-0.2, 0) is 0 Å². The van der Waals surface area contributed by atoms with Gasteiger partial charge in [-0.3, -0.25) is 4.90 Å². The number of rotatable bonds is 0. The van der Waals surface area contributed by atoms with E-state index in [9.17, 15) is 0 Å². The Balaban J connectivity index is 2.20. The molecule has 30 valence electrons. The molecule has 1 heterocycles. The second kappa shape index (κ2) is 0.698. The predicted octanol–water partition coefficient (Wildman–Crippen LogP) is -0.750. The first-order valence-corrected chi connectivity index (χ1v) is 1.69. The number of likely N-dealkylation sites (N-methyl/N-ethyl adjacent to an activating group) is 1. The van der Waals surface area contributed by atoms with Gasteiger partial charge in [0.1, 0.15) is 6.23 Å². The Kier molecular flexibility index (Phi) is 0.436. The van der Waals surface area contributed by atoms with Gasteiger partial charge in [-0.1, -0.05) is 0 Å². The maximum Gasteiger partial charge on any atom is 0.120 e. The Hall–Kier alpha value is -0.0800. The summed E-state index contributed by atoms with van der Waals surface area (Å²) >= 11 is 0. The van der Waals surface area contributed by atoms with Crippen LogP contribution in [0.3, 0.4) is 0 Å². The molecular weight excluding hydrogens is 66.0 g/mol. The minimum atomic E-state index is -0.116. The van der Waals surface area contributed by atoms with Crippen molar-refractivity contribution in [3.05, 3.63) is 0 Å². The SMILES string of the molecule is CN1CC1O. The van der Waals surface area contributed by atoms with E-state index in [0.29, 0.717) is 0 Å². The van der Waals surface area contributed by atoms with E-state index in [0.717, 1.165) is 6.54 Å². The van der Waals surface area contributed by atoms with Crippen molar-refractivity contribution in [1.29, 1.82) is 0 Å². The van der Waals surface area contributed by atoms with Crippen LogP contribution < -0.4 is 0 Å². The van der Waals surface area contributed by atoms with Crippen LogP contribution in [0.2, 0.25) is 0 Å². The largest absolute Gasteiger partial charge is 0.377 e. The number of β-amino-alcohol motifs (C(OH)–C–C–N with tert-alkyl or cyclic N) is 1. The molecule has 0 bridgehead atoms. The lowest BCUT2D eigenvalue weighted by Crippen LogP contribution is -1.88. The fourth-order valence-corrected chi connectivity index (χ4v) is 0.210. The third-order valence-electron chi connectivity index (χ3n) is 0.826. The van der Waals surface area contributed by atoms with E-state index in [2.05, 4.69) is 0 Å². The summed E-state index contributed by atoms with van der Waals surface area (Å²) in [6.45, 7) is 0.861. The molecule has 2 unspecified atom stereocenters. The molecule has 0 spiro atoms. The maximum atomic E-state index is 8.36. The smallest absolute Gasteiger partial charge is 0.120 e. The van der Waals surface area contributed by atoms with Gasteiger partial charge in [-0.2, -0.15) is 0 Å². The number of aliphatic hydroxyl groups is 1. The first-order chi connectivity index (χ1) is 2.30. The van der Waals surface area contributed by atoms with Gasteiger partial charge in [-0.25, -0.2) is 0 Å². The predicted molar refractivity (Wildman–Crippen MR) is 18.6 cm³/mol. The van der Waals surface area contributed by atoms with Crippen LogP contribution >= 0.6 is 0 Å². The van der Waals surface area contributed by atoms with Gasteiger partial charge in [0.25, 0.3) is 0 Å². The van der Waals surface area contributed by atoms with Gasteiger partial charge < -0.3 is 5.11 Å². The van der Waals surface area contributed by atoms with E-state index in [1.807, 2.05) is 11.9 Å². The molecule has 0 aliphatic carbocycles. The average molecular weight is 73.1 g/mol. The molecule has 1 fully saturated rings. The van der Waals surface area contributed by atoms with Crippen molar-refractivity contribution >= 4 is 0 Å². The van der Waals surface area contributed by atoms with Gasteiger partial charge >= 0.3 is 0 Å². The van der Waals surface area contributed by atoms with Gasteiger partial charge in [0.05, 0.1) is 0 Å². The molecule has 0 radical (unpaired) electrons. The summed E-state index contributed by atoms with van der Waals surface area (Å²) in [6, 6.07) is 0. The van der Waals surface area contributed by atoms with Gasteiger partial charge in [-0.15, -0.1) is 0 Å². The lowest BCUT2D eigenvalue weighted by Gasteiger charge is -1.75. The molecule has 2 heteroatoms.